The quantitative estimate of drug-likeness (QED) is 0.747. The molecular weight excluding hydrogens is 278 g/mol. The van der Waals surface area contributed by atoms with E-state index >= 15 is 0 Å². The molecule has 2 aromatic rings. The molecule has 0 amide bonds. The van der Waals surface area contributed by atoms with Gasteiger partial charge in [0.05, 0.1) is 0 Å². The number of rotatable bonds is 1. The maximum atomic E-state index is 4.61. The molecule has 0 bridgehead atoms. The molecule has 0 unspecified atom stereocenters. The molecule has 0 radical (unpaired) electrons. The highest BCUT2D eigenvalue weighted by Gasteiger charge is 2.20. The summed E-state index contributed by atoms with van der Waals surface area (Å²) in [5.74, 6) is 1.37. The molecule has 92 valence electrons. The molecule has 0 aromatic carbocycles. The molecule has 0 saturated heterocycles. The average Bonchev–Trinajstić information content (AvgIpc) is 2.60. The highest BCUT2D eigenvalue weighted by atomic mass is 79.9. The van der Waals surface area contributed by atoms with E-state index in [0.717, 1.165) is 16.1 Å². The second kappa shape index (κ2) is 4.09. The summed E-state index contributed by atoms with van der Waals surface area (Å²) in [7, 11) is 0. The molecule has 0 aliphatic carbocycles. The second-order valence-electron chi connectivity index (χ2n) is 5.72. The van der Waals surface area contributed by atoms with E-state index in [-0.39, 0.29) is 5.41 Å². The maximum absolute atomic E-state index is 4.61. The molecule has 0 fully saturated rings. The van der Waals surface area contributed by atoms with Gasteiger partial charge in [-0.2, -0.15) is 0 Å². The summed E-state index contributed by atoms with van der Waals surface area (Å²) in [5.41, 5.74) is 2.16. The van der Waals surface area contributed by atoms with Gasteiger partial charge in [0.1, 0.15) is 4.60 Å². The third-order valence-electron chi connectivity index (χ3n) is 2.75. The number of nitrogens with zero attached hydrogens (tertiary/aromatic N) is 3. The maximum Gasteiger partial charge on any atom is 0.157 e. The summed E-state index contributed by atoms with van der Waals surface area (Å²) >= 11 is 3.56. The van der Waals surface area contributed by atoms with E-state index in [1.54, 1.807) is 0 Å². The first-order valence-corrected chi connectivity index (χ1v) is 6.65. The summed E-state index contributed by atoms with van der Waals surface area (Å²) < 4.78 is 2.81. The van der Waals surface area contributed by atoms with Gasteiger partial charge in [-0.3, -0.25) is 0 Å². The molecule has 2 aromatic heterocycles. The fraction of sp³-hybridized carbons (Fsp3) is 0.538. The van der Waals surface area contributed by atoms with Crippen LogP contribution in [0.15, 0.2) is 16.7 Å². The molecule has 0 N–H and O–H groups in total. The Bertz CT molecular complexity index is 550. The van der Waals surface area contributed by atoms with Crippen LogP contribution in [0.2, 0.25) is 0 Å². The fourth-order valence-corrected chi connectivity index (χ4v) is 2.14. The predicted octanol–water partition coefficient (Wildman–Crippen LogP) is 3.91. The van der Waals surface area contributed by atoms with Crippen molar-refractivity contribution < 1.29 is 0 Å². The van der Waals surface area contributed by atoms with Crippen LogP contribution in [0.4, 0.5) is 0 Å². The SMILES string of the molecule is CC(C)c1cc(Br)n2nc(C(C)(C)C)nc2c1. The van der Waals surface area contributed by atoms with Gasteiger partial charge in [-0.1, -0.05) is 34.6 Å². The Morgan fingerprint density at radius 1 is 1.24 bits per heavy atom. The van der Waals surface area contributed by atoms with Gasteiger partial charge < -0.3 is 0 Å². The minimum Gasteiger partial charge on any atom is -0.211 e. The zero-order valence-corrected chi connectivity index (χ0v) is 12.5. The average molecular weight is 296 g/mol. The van der Waals surface area contributed by atoms with Crippen LogP contribution in [0.25, 0.3) is 5.65 Å². The third-order valence-corrected chi connectivity index (χ3v) is 3.32. The van der Waals surface area contributed by atoms with Crippen molar-refractivity contribution in [2.45, 2.75) is 46.0 Å². The third kappa shape index (κ3) is 2.37. The highest BCUT2D eigenvalue weighted by Crippen LogP contribution is 2.24. The Labute approximate surface area is 110 Å². The summed E-state index contributed by atoms with van der Waals surface area (Å²) in [4.78, 5) is 4.61. The molecule has 2 heterocycles. The highest BCUT2D eigenvalue weighted by molar-refractivity contribution is 9.10. The van der Waals surface area contributed by atoms with Crippen molar-refractivity contribution in [2.75, 3.05) is 0 Å². The summed E-state index contributed by atoms with van der Waals surface area (Å²) in [6, 6.07) is 4.22. The molecule has 0 atom stereocenters. The fourth-order valence-electron chi connectivity index (χ4n) is 1.62. The van der Waals surface area contributed by atoms with Crippen LogP contribution in [0.1, 0.15) is 51.9 Å². The van der Waals surface area contributed by atoms with E-state index in [9.17, 15) is 0 Å². The Hall–Kier alpha value is -0.900. The normalized spacial score (nSPS) is 12.6. The van der Waals surface area contributed by atoms with Crippen molar-refractivity contribution in [1.82, 2.24) is 14.6 Å². The van der Waals surface area contributed by atoms with Crippen molar-refractivity contribution in [2.24, 2.45) is 0 Å². The second-order valence-corrected chi connectivity index (χ2v) is 6.53. The number of pyridine rings is 1. The summed E-state index contributed by atoms with van der Waals surface area (Å²) in [6.07, 6.45) is 0. The lowest BCUT2D eigenvalue weighted by atomic mass is 9.96. The molecule has 0 aliphatic rings. The van der Waals surface area contributed by atoms with E-state index < -0.39 is 0 Å². The van der Waals surface area contributed by atoms with Gasteiger partial charge >= 0.3 is 0 Å². The van der Waals surface area contributed by atoms with Gasteiger partial charge in [-0.25, -0.2) is 9.50 Å². The molecule has 0 saturated carbocycles. The monoisotopic (exact) mass is 295 g/mol. The van der Waals surface area contributed by atoms with E-state index in [4.69, 9.17) is 0 Å². The zero-order chi connectivity index (χ0) is 12.8. The lowest BCUT2D eigenvalue weighted by Crippen LogP contribution is -2.13. The standard InChI is InChI=1S/C13H18BrN3/c1-8(2)9-6-10(14)17-11(7-9)15-12(16-17)13(3,4)5/h6-8H,1-5H3. The van der Waals surface area contributed by atoms with Crippen LogP contribution < -0.4 is 0 Å². The van der Waals surface area contributed by atoms with Gasteiger partial charge in [0.25, 0.3) is 0 Å². The Morgan fingerprint density at radius 2 is 1.88 bits per heavy atom. The lowest BCUT2D eigenvalue weighted by Gasteiger charge is -2.11. The van der Waals surface area contributed by atoms with E-state index in [1.165, 1.54) is 5.56 Å². The summed E-state index contributed by atoms with van der Waals surface area (Å²) in [5, 5.41) is 4.54. The topological polar surface area (TPSA) is 30.2 Å². The summed E-state index contributed by atoms with van der Waals surface area (Å²) in [6.45, 7) is 10.7. The molecular formula is C13H18BrN3. The minimum absolute atomic E-state index is 0.0244. The number of aromatic nitrogens is 3. The van der Waals surface area contributed by atoms with Gasteiger partial charge in [-0.05, 0) is 39.5 Å². The Kier molecular flexibility index (Phi) is 3.02. The minimum atomic E-state index is -0.0244. The Morgan fingerprint density at radius 3 is 2.41 bits per heavy atom. The van der Waals surface area contributed by atoms with E-state index in [1.807, 2.05) is 4.52 Å². The Balaban J connectivity index is 2.65. The van der Waals surface area contributed by atoms with E-state index in [0.29, 0.717) is 5.92 Å². The predicted molar refractivity (Wildman–Crippen MR) is 73.5 cm³/mol. The lowest BCUT2D eigenvalue weighted by molar-refractivity contribution is 0.545. The van der Waals surface area contributed by atoms with Crippen molar-refractivity contribution in [3.05, 3.63) is 28.1 Å². The van der Waals surface area contributed by atoms with Crippen LogP contribution in [0, 0.1) is 0 Å². The number of fused-ring (bicyclic) bond motifs is 1. The largest absolute Gasteiger partial charge is 0.211 e. The van der Waals surface area contributed by atoms with Gasteiger partial charge in [-0.15, -0.1) is 5.10 Å². The number of hydrogen-bond donors (Lipinski definition) is 0. The van der Waals surface area contributed by atoms with E-state index in [2.05, 4.69) is 72.8 Å². The molecule has 3 nitrogen and oxygen atoms in total. The molecule has 2 rings (SSSR count). The first kappa shape index (κ1) is 12.6. The smallest absolute Gasteiger partial charge is 0.157 e. The van der Waals surface area contributed by atoms with Crippen molar-refractivity contribution in [3.8, 4) is 0 Å². The molecule has 4 heteroatoms. The number of halogens is 1. The molecule has 0 aliphatic heterocycles. The van der Waals surface area contributed by atoms with Gasteiger partial charge in [0.2, 0.25) is 0 Å². The number of hydrogen-bond acceptors (Lipinski definition) is 2. The van der Waals surface area contributed by atoms with Crippen LogP contribution in [0.5, 0.6) is 0 Å². The first-order chi connectivity index (χ1) is 7.79. The van der Waals surface area contributed by atoms with Gasteiger partial charge in [0.15, 0.2) is 11.5 Å². The van der Waals surface area contributed by atoms with Crippen molar-refractivity contribution in [3.63, 3.8) is 0 Å². The van der Waals surface area contributed by atoms with Crippen LogP contribution in [-0.4, -0.2) is 14.6 Å². The first-order valence-electron chi connectivity index (χ1n) is 5.86. The van der Waals surface area contributed by atoms with Gasteiger partial charge in [0, 0.05) is 5.41 Å². The molecule has 17 heavy (non-hydrogen) atoms. The molecule has 0 spiro atoms. The van der Waals surface area contributed by atoms with Crippen molar-refractivity contribution in [1.29, 1.82) is 0 Å². The van der Waals surface area contributed by atoms with Crippen LogP contribution in [0.3, 0.4) is 0 Å². The van der Waals surface area contributed by atoms with Crippen LogP contribution in [-0.2, 0) is 5.41 Å². The van der Waals surface area contributed by atoms with Crippen LogP contribution >= 0.6 is 15.9 Å². The zero-order valence-electron chi connectivity index (χ0n) is 11.0. The van der Waals surface area contributed by atoms with Crippen molar-refractivity contribution >= 4 is 21.6 Å².